The summed E-state index contributed by atoms with van der Waals surface area (Å²) in [7, 11) is 1.66. The van der Waals surface area contributed by atoms with Gasteiger partial charge in [0.2, 0.25) is 0 Å². The summed E-state index contributed by atoms with van der Waals surface area (Å²) in [6.07, 6.45) is 16.6. The van der Waals surface area contributed by atoms with Gasteiger partial charge in [-0.05, 0) is 50.4 Å². The summed E-state index contributed by atoms with van der Waals surface area (Å²) in [6.45, 7) is 2.18. The molecule has 0 aromatic heterocycles. The summed E-state index contributed by atoms with van der Waals surface area (Å²) < 4.78 is 5.57. The molecule has 0 heterocycles. The van der Waals surface area contributed by atoms with Crippen molar-refractivity contribution in [2.75, 3.05) is 7.11 Å². The van der Waals surface area contributed by atoms with Gasteiger partial charge < -0.3 is 14.9 Å². The van der Waals surface area contributed by atoms with Crippen molar-refractivity contribution in [2.24, 2.45) is 17.3 Å². The molecule has 0 spiro atoms. The van der Waals surface area contributed by atoms with E-state index in [-0.39, 0.29) is 41.7 Å². The lowest BCUT2D eigenvalue weighted by Crippen LogP contribution is -2.41. The predicted molar refractivity (Wildman–Crippen MR) is 114 cm³/mol. The lowest BCUT2D eigenvalue weighted by atomic mass is 9.62. The van der Waals surface area contributed by atoms with Crippen LogP contribution in [0.5, 0.6) is 0 Å². The molecule has 0 saturated heterocycles. The Hall–Kier alpha value is -1.46. The molecular weight excluding hydrogens is 368 g/mol. The van der Waals surface area contributed by atoms with Gasteiger partial charge in [-0.2, -0.15) is 0 Å². The molecule has 2 aliphatic rings. The van der Waals surface area contributed by atoms with E-state index in [4.69, 9.17) is 9.84 Å². The van der Waals surface area contributed by atoms with Crippen LogP contribution in [-0.2, 0) is 14.3 Å². The average molecular weight is 407 g/mol. The first-order valence-electron chi connectivity index (χ1n) is 11.2. The Morgan fingerprint density at radius 3 is 2.66 bits per heavy atom. The number of hydrogen-bond donors (Lipinski definition) is 2. The Bertz CT molecular complexity index is 590. The molecule has 1 unspecified atom stereocenters. The number of Topliss-reactive ketones (excluding diaryl/α,β-unsaturated/α-hetero) is 1. The third-order valence-electron chi connectivity index (χ3n) is 6.85. The summed E-state index contributed by atoms with van der Waals surface area (Å²) in [4.78, 5) is 23.0. The summed E-state index contributed by atoms with van der Waals surface area (Å²) in [5.41, 5.74) is 0.101. The van der Waals surface area contributed by atoms with Crippen LogP contribution >= 0.6 is 0 Å². The standard InChI is InChI=1S/C24H38O5/c1-3-14-24(15-9-16-24)22(26)12-8-11-19-18(20(25)17-21(19)29-2)10-6-4-5-7-13-23(27)28/h4,6,8,11,18-19,21-22,26H,3,5,7,9-10,12-17H2,1-2H3,(H,27,28)/t18-,19-,21-,22?/m1/s1. The van der Waals surface area contributed by atoms with Crippen molar-refractivity contribution in [3.63, 3.8) is 0 Å². The van der Waals surface area contributed by atoms with Gasteiger partial charge in [0.05, 0.1) is 12.2 Å². The van der Waals surface area contributed by atoms with E-state index >= 15 is 0 Å². The maximum atomic E-state index is 12.5. The number of aliphatic hydroxyl groups is 1. The average Bonchev–Trinajstić information content (AvgIpc) is 2.95. The molecule has 0 aromatic rings. The second-order valence-corrected chi connectivity index (χ2v) is 8.77. The first-order valence-corrected chi connectivity index (χ1v) is 11.2. The van der Waals surface area contributed by atoms with Crippen LogP contribution in [0.3, 0.4) is 0 Å². The summed E-state index contributed by atoms with van der Waals surface area (Å²) in [5.74, 6) is -0.616. The van der Waals surface area contributed by atoms with E-state index < -0.39 is 5.97 Å². The number of ketones is 1. The smallest absolute Gasteiger partial charge is 0.303 e. The molecule has 2 aliphatic carbocycles. The largest absolute Gasteiger partial charge is 0.481 e. The zero-order valence-electron chi connectivity index (χ0n) is 18.0. The summed E-state index contributed by atoms with van der Waals surface area (Å²) >= 11 is 0. The van der Waals surface area contributed by atoms with Gasteiger partial charge in [-0.15, -0.1) is 0 Å². The van der Waals surface area contributed by atoms with Gasteiger partial charge in [0.1, 0.15) is 5.78 Å². The highest BCUT2D eigenvalue weighted by Gasteiger charge is 2.42. The molecule has 2 rings (SSSR count). The van der Waals surface area contributed by atoms with E-state index in [1.54, 1.807) is 7.11 Å². The van der Waals surface area contributed by atoms with Gasteiger partial charge >= 0.3 is 5.97 Å². The molecule has 2 N–H and O–H groups in total. The van der Waals surface area contributed by atoms with E-state index in [1.165, 1.54) is 6.42 Å². The van der Waals surface area contributed by atoms with E-state index in [0.717, 1.165) is 25.7 Å². The third-order valence-corrected chi connectivity index (χ3v) is 6.85. The maximum absolute atomic E-state index is 12.5. The highest BCUT2D eigenvalue weighted by atomic mass is 16.5. The van der Waals surface area contributed by atoms with E-state index in [9.17, 15) is 14.7 Å². The second kappa shape index (κ2) is 11.7. The van der Waals surface area contributed by atoms with Crippen LogP contribution in [0.1, 0.15) is 77.6 Å². The van der Waals surface area contributed by atoms with Crippen LogP contribution in [-0.4, -0.2) is 41.3 Å². The third kappa shape index (κ3) is 6.51. The van der Waals surface area contributed by atoms with Gasteiger partial charge in [0.15, 0.2) is 0 Å². The Labute approximate surface area is 175 Å². The monoisotopic (exact) mass is 406 g/mol. The van der Waals surface area contributed by atoms with E-state index in [1.807, 2.05) is 12.2 Å². The minimum absolute atomic E-state index is 0.0342. The number of carboxylic acid groups (broad SMARTS) is 1. The molecule has 0 radical (unpaired) electrons. The number of unbranched alkanes of at least 4 members (excludes halogenated alkanes) is 1. The SMILES string of the molecule is CCCC1(C(O)CC=C[C@H]2[C@H](OC)CC(=O)[C@@H]2CC=CCCCC(=O)O)CCC1. The minimum Gasteiger partial charge on any atom is -0.481 e. The Morgan fingerprint density at radius 2 is 2.07 bits per heavy atom. The molecule has 0 amide bonds. The summed E-state index contributed by atoms with van der Waals surface area (Å²) in [6, 6.07) is 0. The quantitative estimate of drug-likeness (QED) is 0.342. The van der Waals surface area contributed by atoms with Crippen molar-refractivity contribution in [1.82, 2.24) is 0 Å². The van der Waals surface area contributed by atoms with Crippen molar-refractivity contribution >= 4 is 11.8 Å². The number of allylic oxidation sites excluding steroid dienone is 2. The molecule has 0 aliphatic heterocycles. The molecule has 29 heavy (non-hydrogen) atoms. The highest BCUT2D eigenvalue weighted by molar-refractivity contribution is 5.84. The highest BCUT2D eigenvalue weighted by Crippen LogP contribution is 2.48. The molecule has 164 valence electrons. The van der Waals surface area contributed by atoms with Crippen LogP contribution in [0.25, 0.3) is 0 Å². The van der Waals surface area contributed by atoms with Crippen LogP contribution < -0.4 is 0 Å². The van der Waals surface area contributed by atoms with Crippen molar-refractivity contribution < 1.29 is 24.5 Å². The molecular formula is C24H38O5. The molecule has 2 fully saturated rings. The number of carbonyl (C=O) groups is 2. The summed E-state index contributed by atoms with van der Waals surface area (Å²) in [5, 5.41) is 19.4. The molecule has 5 heteroatoms. The molecule has 0 bridgehead atoms. The number of aliphatic carboxylic acids is 1. The zero-order valence-corrected chi connectivity index (χ0v) is 18.0. The first-order chi connectivity index (χ1) is 13.9. The van der Waals surface area contributed by atoms with Gasteiger partial charge in [-0.1, -0.05) is 44.1 Å². The number of hydrogen-bond acceptors (Lipinski definition) is 4. The van der Waals surface area contributed by atoms with Gasteiger partial charge in [0.25, 0.3) is 0 Å². The number of rotatable bonds is 13. The molecule has 2 saturated carbocycles. The zero-order chi connectivity index (χ0) is 21.3. The van der Waals surface area contributed by atoms with E-state index in [2.05, 4.69) is 19.1 Å². The number of ether oxygens (including phenoxy) is 1. The number of aliphatic hydroxyl groups excluding tert-OH is 1. The normalized spacial score (nSPS) is 27.6. The van der Waals surface area contributed by atoms with Crippen molar-refractivity contribution in [2.45, 2.75) is 89.8 Å². The lowest BCUT2D eigenvalue weighted by molar-refractivity contribution is -0.137. The second-order valence-electron chi connectivity index (χ2n) is 8.77. The number of carbonyl (C=O) groups excluding carboxylic acids is 1. The number of methoxy groups -OCH3 is 1. The number of carboxylic acids is 1. The van der Waals surface area contributed by atoms with Crippen molar-refractivity contribution in [3.05, 3.63) is 24.3 Å². The fourth-order valence-corrected chi connectivity index (χ4v) is 4.97. The van der Waals surface area contributed by atoms with Crippen molar-refractivity contribution in [1.29, 1.82) is 0 Å². The Balaban J connectivity index is 1.90. The van der Waals surface area contributed by atoms with Crippen molar-refractivity contribution in [3.8, 4) is 0 Å². The Kier molecular flexibility index (Phi) is 9.57. The fourth-order valence-electron chi connectivity index (χ4n) is 4.97. The fraction of sp³-hybridized carbons (Fsp3) is 0.750. The maximum Gasteiger partial charge on any atom is 0.303 e. The van der Waals surface area contributed by atoms with Crippen LogP contribution in [0.15, 0.2) is 24.3 Å². The van der Waals surface area contributed by atoms with Crippen LogP contribution in [0, 0.1) is 17.3 Å². The topological polar surface area (TPSA) is 83.8 Å². The molecule has 5 nitrogen and oxygen atoms in total. The van der Waals surface area contributed by atoms with Crippen LogP contribution in [0.4, 0.5) is 0 Å². The van der Waals surface area contributed by atoms with E-state index in [0.29, 0.717) is 32.1 Å². The van der Waals surface area contributed by atoms with Gasteiger partial charge in [-0.25, -0.2) is 0 Å². The van der Waals surface area contributed by atoms with Gasteiger partial charge in [0, 0.05) is 31.8 Å². The minimum atomic E-state index is -0.776. The Morgan fingerprint density at radius 1 is 1.31 bits per heavy atom. The lowest BCUT2D eigenvalue weighted by Gasteiger charge is -2.45. The predicted octanol–water partition coefficient (Wildman–Crippen LogP) is 4.69. The van der Waals surface area contributed by atoms with Gasteiger partial charge in [-0.3, -0.25) is 9.59 Å². The first kappa shape index (κ1) is 23.8. The molecule has 0 aromatic carbocycles. The molecule has 4 atom stereocenters. The van der Waals surface area contributed by atoms with Crippen LogP contribution in [0.2, 0.25) is 0 Å².